The Morgan fingerprint density at radius 1 is 0.583 bits per heavy atom. The van der Waals surface area contributed by atoms with Crippen LogP contribution in [0.2, 0.25) is 0 Å². The molecule has 60 heavy (non-hydrogen) atoms. The minimum atomic E-state index is -1.10. The van der Waals surface area contributed by atoms with Crippen molar-refractivity contribution in [3.05, 3.63) is 215 Å². The average Bonchev–Trinajstić information content (AvgIpc) is 3.27. The molecule has 0 saturated carbocycles. The molecule has 0 unspecified atom stereocenters. The molecule has 9 heteroatoms. The maximum Gasteiger partial charge on any atom is 0.408 e. The van der Waals surface area contributed by atoms with Crippen molar-refractivity contribution in [2.75, 3.05) is 16.4 Å². The highest BCUT2D eigenvalue weighted by molar-refractivity contribution is 8.00. The van der Waals surface area contributed by atoms with E-state index < -0.39 is 28.4 Å². The maximum atomic E-state index is 14.5. The quantitative estimate of drug-likeness (QED) is 0.0789. The summed E-state index contributed by atoms with van der Waals surface area (Å²) in [4.78, 5) is 55.8. The second-order valence-electron chi connectivity index (χ2n) is 15.2. The number of ketones is 1. The molecule has 0 fully saturated rings. The number of carbonyl (C=O) groups is 4. The van der Waals surface area contributed by atoms with E-state index in [0.29, 0.717) is 16.8 Å². The molecule has 0 bridgehead atoms. The van der Waals surface area contributed by atoms with Crippen molar-refractivity contribution < 1.29 is 23.9 Å². The summed E-state index contributed by atoms with van der Waals surface area (Å²) < 4.78 is 4.87. The predicted octanol–water partition coefficient (Wildman–Crippen LogP) is 10.9. The highest BCUT2D eigenvalue weighted by atomic mass is 32.2. The van der Waals surface area contributed by atoms with Crippen LogP contribution in [0.5, 0.6) is 0 Å². The van der Waals surface area contributed by atoms with Crippen LogP contribution in [0.25, 0.3) is 10.8 Å². The van der Waals surface area contributed by atoms with Crippen molar-refractivity contribution in [3.63, 3.8) is 0 Å². The first-order valence-corrected chi connectivity index (χ1v) is 20.6. The van der Waals surface area contributed by atoms with Gasteiger partial charge in [-0.1, -0.05) is 158 Å². The first-order valence-electron chi connectivity index (χ1n) is 19.7. The standard InChI is InChI=1S/C51H45N3O5S/c1-50(2,3)59-49(58)54-45(34-60-51(37-23-10-5-11-24-37,38-25-12-6-13-26-38)39-27-14-7-15-28-39)48(57)52-40-31-32-44(43(33-40)46(55)36-20-8-4-9-21-36)53-47(56)42-30-18-22-35-19-16-17-29-41(35)42/h4-33,45H,34H2,1-3H3,(H,52,57)(H,53,56)(H,54,58)/t45-/m0/s1. The average molecular weight is 812 g/mol. The van der Waals surface area contributed by atoms with Crippen LogP contribution in [-0.2, 0) is 14.3 Å². The highest BCUT2D eigenvalue weighted by Crippen LogP contribution is 2.48. The molecule has 0 aromatic heterocycles. The zero-order valence-electron chi connectivity index (χ0n) is 33.6. The van der Waals surface area contributed by atoms with E-state index in [9.17, 15) is 19.2 Å². The first-order chi connectivity index (χ1) is 29.0. The number of alkyl carbamates (subject to hydrolysis) is 1. The minimum absolute atomic E-state index is 0.124. The fraction of sp³-hybridized carbons (Fsp3) is 0.137. The van der Waals surface area contributed by atoms with Crippen molar-refractivity contribution >= 4 is 57.6 Å². The van der Waals surface area contributed by atoms with Gasteiger partial charge in [-0.2, -0.15) is 0 Å². The molecule has 7 aromatic rings. The zero-order chi connectivity index (χ0) is 42.1. The lowest BCUT2D eigenvalue weighted by Crippen LogP contribution is -2.48. The van der Waals surface area contributed by atoms with Gasteiger partial charge in [-0.15, -0.1) is 11.8 Å². The van der Waals surface area contributed by atoms with Crippen LogP contribution in [0.15, 0.2) is 182 Å². The molecule has 0 aliphatic rings. The molecule has 3 N–H and O–H groups in total. The lowest BCUT2D eigenvalue weighted by molar-refractivity contribution is -0.117. The molecule has 0 aliphatic heterocycles. The van der Waals surface area contributed by atoms with Gasteiger partial charge in [-0.25, -0.2) is 4.79 Å². The van der Waals surface area contributed by atoms with E-state index in [1.165, 1.54) is 11.8 Å². The summed E-state index contributed by atoms with van der Waals surface area (Å²) in [5, 5.41) is 10.4. The van der Waals surface area contributed by atoms with Crippen molar-refractivity contribution in [1.29, 1.82) is 0 Å². The number of hydrogen-bond donors (Lipinski definition) is 3. The van der Waals surface area contributed by atoms with Crippen molar-refractivity contribution in [2.45, 2.75) is 37.2 Å². The molecule has 7 rings (SSSR count). The Kier molecular flexibility index (Phi) is 12.6. The Bertz CT molecular complexity index is 2510. The summed E-state index contributed by atoms with van der Waals surface area (Å²) >= 11 is 1.52. The van der Waals surface area contributed by atoms with Gasteiger partial charge in [0.05, 0.1) is 10.4 Å². The number of nitrogens with one attached hydrogen (secondary N) is 3. The second-order valence-corrected chi connectivity index (χ2v) is 16.4. The lowest BCUT2D eigenvalue weighted by atomic mass is 9.84. The number of hydrogen-bond acceptors (Lipinski definition) is 6. The number of carbonyl (C=O) groups excluding carboxylic acids is 4. The Morgan fingerprint density at radius 2 is 1.12 bits per heavy atom. The van der Waals surface area contributed by atoms with Crippen LogP contribution in [0.4, 0.5) is 16.2 Å². The summed E-state index contributed by atoms with van der Waals surface area (Å²) in [7, 11) is 0. The largest absolute Gasteiger partial charge is 0.444 e. The van der Waals surface area contributed by atoms with Gasteiger partial charge < -0.3 is 20.7 Å². The number of amides is 3. The zero-order valence-corrected chi connectivity index (χ0v) is 34.4. The molecule has 3 amide bonds. The van der Waals surface area contributed by atoms with E-state index in [1.807, 2.05) is 97.1 Å². The van der Waals surface area contributed by atoms with Gasteiger partial charge in [0, 0.05) is 28.1 Å². The molecule has 7 aromatic carbocycles. The second kappa shape index (κ2) is 18.3. The monoisotopic (exact) mass is 811 g/mol. The molecule has 0 radical (unpaired) electrons. The summed E-state index contributed by atoms with van der Waals surface area (Å²) in [6.07, 6.45) is -0.751. The Hall–Kier alpha value is -6.97. The summed E-state index contributed by atoms with van der Waals surface area (Å²) in [5.74, 6) is -1.14. The maximum absolute atomic E-state index is 14.5. The third kappa shape index (κ3) is 9.49. The number of anilines is 2. The van der Waals surface area contributed by atoms with Gasteiger partial charge in [0.25, 0.3) is 5.91 Å². The molecule has 1 atom stereocenters. The van der Waals surface area contributed by atoms with Gasteiger partial charge in [0.2, 0.25) is 5.91 Å². The van der Waals surface area contributed by atoms with Gasteiger partial charge in [0.15, 0.2) is 5.78 Å². The van der Waals surface area contributed by atoms with Gasteiger partial charge in [0.1, 0.15) is 11.6 Å². The topological polar surface area (TPSA) is 114 Å². The van der Waals surface area contributed by atoms with Crippen LogP contribution in [0, 0.1) is 0 Å². The van der Waals surface area contributed by atoms with E-state index in [-0.39, 0.29) is 28.7 Å². The van der Waals surface area contributed by atoms with E-state index in [2.05, 4.69) is 52.3 Å². The molecule has 0 saturated heterocycles. The summed E-state index contributed by atoms with van der Waals surface area (Å²) in [6.45, 7) is 5.27. The smallest absolute Gasteiger partial charge is 0.408 e. The third-order valence-electron chi connectivity index (χ3n) is 9.87. The fourth-order valence-corrected chi connectivity index (χ4v) is 8.68. The van der Waals surface area contributed by atoms with Crippen LogP contribution in [-0.4, -0.2) is 41.1 Å². The van der Waals surface area contributed by atoms with Gasteiger partial charge in [-0.3, -0.25) is 14.4 Å². The fourth-order valence-electron chi connectivity index (χ4n) is 7.12. The van der Waals surface area contributed by atoms with Crippen LogP contribution < -0.4 is 16.0 Å². The van der Waals surface area contributed by atoms with Crippen LogP contribution in [0.1, 0.15) is 63.7 Å². The van der Waals surface area contributed by atoms with Crippen molar-refractivity contribution in [2.24, 2.45) is 0 Å². The van der Waals surface area contributed by atoms with E-state index in [4.69, 9.17) is 4.74 Å². The molecule has 0 heterocycles. The number of rotatable bonds is 13. The van der Waals surface area contributed by atoms with Crippen LogP contribution >= 0.6 is 11.8 Å². The summed E-state index contributed by atoms with van der Waals surface area (Å²) in [6, 6.07) is 55.7. The Labute approximate surface area is 354 Å². The Balaban J connectivity index is 1.24. The van der Waals surface area contributed by atoms with E-state index >= 15 is 0 Å². The number of benzene rings is 7. The molecule has 300 valence electrons. The molecular formula is C51H45N3O5S. The SMILES string of the molecule is CC(C)(C)OC(=O)N[C@@H](CSC(c1ccccc1)(c1ccccc1)c1ccccc1)C(=O)Nc1ccc(NC(=O)c2cccc3ccccc23)c(C(=O)c2ccccc2)c1. The van der Waals surface area contributed by atoms with Gasteiger partial charge in [-0.05, 0) is 72.5 Å². The Morgan fingerprint density at radius 3 is 1.70 bits per heavy atom. The molecule has 8 nitrogen and oxygen atoms in total. The molecule has 0 spiro atoms. The van der Waals surface area contributed by atoms with Crippen molar-refractivity contribution in [3.8, 4) is 0 Å². The van der Waals surface area contributed by atoms with E-state index in [0.717, 1.165) is 27.5 Å². The number of ether oxygens (including phenoxy) is 1. The van der Waals surface area contributed by atoms with Crippen LogP contribution in [0.3, 0.4) is 0 Å². The highest BCUT2D eigenvalue weighted by Gasteiger charge is 2.39. The minimum Gasteiger partial charge on any atom is -0.444 e. The van der Waals surface area contributed by atoms with Gasteiger partial charge >= 0.3 is 6.09 Å². The lowest BCUT2D eigenvalue weighted by Gasteiger charge is -2.36. The van der Waals surface area contributed by atoms with Crippen molar-refractivity contribution in [1.82, 2.24) is 5.32 Å². The third-order valence-corrected chi connectivity index (χ3v) is 11.5. The summed E-state index contributed by atoms with van der Waals surface area (Å²) in [5.41, 5.74) is 3.77. The molecular weight excluding hydrogens is 767 g/mol. The first kappa shape index (κ1) is 41.2. The number of fused-ring (bicyclic) bond motifs is 1. The normalized spacial score (nSPS) is 11.9. The molecule has 0 aliphatic carbocycles. The number of thioether (sulfide) groups is 1. The predicted molar refractivity (Wildman–Crippen MR) is 242 cm³/mol. The van der Waals surface area contributed by atoms with E-state index in [1.54, 1.807) is 69.3 Å².